The van der Waals surface area contributed by atoms with Gasteiger partial charge >= 0.3 is 0 Å². The second-order valence-corrected chi connectivity index (χ2v) is 7.31. The molecule has 0 amide bonds. The lowest BCUT2D eigenvalue weighted by molar-refractivity contribution is -0.143. The fraction of sp³-hybridized carbons (Fsp3) is 1.00. The Labute approximate surface area is 104 Å². The molecule has 0 saturated carbocycles. The zero-order chi connectivity index (χ0) is 12.5. The van der Waals surface area contributed by atoms with Crippen molar-refractivity contribution in [1.82, 2.24) is 9.62 Å². The lowest BCUT2D eigenvalue weighted by Crippen LogP contribution is -2.59. The molecule has 0 aromatic carbocycles. The standard InChI is InChI=1S/C11H22N2O3S/c1-3-17(14,15)13-8-10(2)16-11(9-13)4-6-12-7-5-11/h10,12H,3-9H2,1-2H3. The fourth-order valence-electron chi connectivity index (χ4n) is 2.73. The van der Waals surface area contributed by atoms with Gasteiger partial charge in [-0.1, -0.05) is 0 Å². The highest BCUT2D eigenvalue weighted by Crippen LogP contribution is 2.31. The Morgan fingerprint density at radius 2 is 2.06 bits per heavy atom. The summed E-state index contributed by atoms with van der Waals surface area (Å²) in [6.45, 7) is 6.49. The van der Waals surface area contributed by atoms with E-state index < -0.39 is 10.0 Å². The van der Waals surface area contributed by atoms with Crippen LogP contribution in [-0.4, -0.2) is 56.4 Å². The molecule has 2 aliphatic rings. The average molecular weight is 262 g/mol. The summed E-state index contributed by atoms with van der Waals surface area (Å²) in [7, 11) is -3.10. The quantitative estimate of drug-likeness (QED) is 0.771. The van der Waals surface area contributed by atoms with Crippen LogP contribution in [0, 0.1) is 0 Å². The summed E-state index contributed by atoms with van der Waals surface area (Å²) in [4.78, 5) is 0. The van der Waals surface area contributed by atoms with E-state index in [1.54, 1.807) is 11.2 Å². The van der Waals surface area contributed by atoms with Crippen molar-refractivity contribution in [3.63, 3.8) is 0 Å². The van der Waals surface area contributed by atoms with Gasteiger partial charge in [-0.25, -0.2) is 8.42 Å². The smallest absolute Gasteiger partial charge is 0.214 e. The summed E-state index contributed by atoms with van der Waals surface area (Å²) in [6.07, 6.45) is 1.78. The number of nitrogens with one attached hydrogen (secondary N) is 1. The maximum absolute atomic E-state index is 12.0. The van der Waals surface area contributed by atoms with Crippen molar-refractivity contribution in [2.75, 3.05) is 31.9 Å². The van der Waals surface area contributed by atoms with Crippen LogP contribution in [0.25, 0.3) is 0 Å². The van der Waals surface area contributed by atoms with Crippen LogP contribution in [0.4, 0.5) is 0 Å². The van der Waals surface area contributed by atoms with Crippen LogP contribution in [0.1, 0.15) is 26.7 Å². The molecular weight excluding hydrogens is 240 g/mol. The fourth-order valence-corrected chi connectivity index (χ4v) is 3.96. The first-order valence-corrected chi connectivity index (χ1v) is 7.95. The number of rotatable bonds is 2. The van der Waals surface area contributed by atoms with Gasteiger partial charge in [0.2, 0.25) is 10.0 Å². The van der Waals surface area contributed by atoms with E-state index in [0.717, 1.165) is 25.9 Å². The molecule has 17 heavy (non-hydrogen) atoms. The highest BCUT2D eigenvalue weighted by Gasteiger charge is 2.43. The van der Waals surface area contributed by atoms with Crippen LogP contribution in [0.3, 0.4) is 0 Å². The minimum Gasteiger partial charge on any atom is -0.369 e. The average Bonchev–Trinajstić information content (AvgIpc) is 2.29. The Bertz CT molecular complexity index is 363. The maximum atomic E-state index is 12.0. The highest BCUT2D eigenvalue weighted by molar-refractivity contribution is 7.89. The van der Waals surface area contributed by atoms with Crippen LogP contribution in [-0.2, 0) is 14.8 Å². The molecule has 2 heterocycles. The number of nitrogens with zero attached hydrogens (tertiary/aromatic N) is 1. The minimum absolute atomic E-state index is 0.0109. The molecule has 0 bridgehead atoms. The summed E-state index contributed by atoms with van der Waals surface area (Å²) in [5.41, 5.74) is -0.259. The summed E-state index contributed by atoms with van der Waals surface area (Å²) >= 11 is 0. The van der Waals surface area contributed by atoms with Gasteiger partial charge in [0.15, 0.2) is 0 Å². The molecule has 2 saturated heterocycles. The van der Waals surface area contributed by atoms with E-state index in [2.05, 4.69) is 5.32 Å². The van der Waals surface area contributed by atoms with Crippen LogP contribution in [0.15, 0.2) is 0 Å². The van der Waals surface area contributed by atoms with Crippen molar-refractivity contribution in [1.29, 1.82) is 0 Å². The zero-order valence-corrected chi connectivity index (χ0v) is 11.4. The first kappa shape index (κ1) is 13.3. The second kappa shape index (κ2) is 4.84. The molecule has 1 spiro atoms. The molecule has 0 aliphatic carbocycles. The molecule has 6 heteroatoms. The van der Waals surface area contributed by atoms with Gasteiger partial charge in [0.25, 0.3) is 0 Å². The van der Waals surface area contributed by atoms with Gasteiger partial charge in [-0.3, -0.25) is 0 Å². The van der Waals surface area contributed by atoms with E-state index >= 15 is 0 Å². The lowest BCUT2D eigenvalue weighted by Gasteiger charge is -2.47. The van der Waals surface area contributed by atoms with Gasteiger partial charge in [-0.2, -0.15) is 4.31 Å². The molecule has 0 radical (unpaired) electrons. The molecule has 2 aliphatic heterocycles. The van der Waals surface area contributed by atoms with Crippen molar-refractivity contribution >= 4 is 10.0 Å². The van der Waals surface area contributed by atoms with Crippen molar-refractivity contribution < 1.29 is 13.2 Å². The molecular formula is C11H22N2O3S. The predicted molar refractivity (Wildman–Crippen MR) is 66.4 cm³/mol. The Kier molecular flexibility index (Phi) is 3.77. The number of hydrogen-bond acceptors (Lipinski definition) is 4. The van der Waals surface area contributed by atoms with Crippen LogP contribution in [0.5, 0.6) is 0 Å². The first-order valence-electron chi connectivity index (χ1n) is 6.34. The van der Waals surface area contributed by atoms with Gasteiger partial charge in [0.05, 0.1) is 17.5 Å². The number of piperidine rings is 1. The number of hydrogen-bond donors (Lipinski definition) is 1. The van der Waals surface area contributed by atoms with Crippen molar-refractivity contribution in [3.05, 3.63) is 0 Å². The van der Waals surface area contributed by atoms with Gasteiger partial charge in [0.1, 0.15) is 0 Å². The number of sulfonamides is 1. The zero-order valence-electron chi connectivity index (χ0n) is 10.6. The maximum Gasteiger partial charge on any atom is 0.214 e. The predicted octanol–water partition coefficient (Wildman–Crippen LogP) is 0.179. The largest absolute Gasteiger partial charge is 0.369 e. The van der Waals surface area contributed by atoms with Crippen molar-refractivity contribution in [3.8, 4) is 0 Å². The Hall–Kier alpha value is -0.170. The SMILES string of the molecule is CCS(=O)(=O)N1CC(C)OC2(CCNCC2)C1. The Morgan fingerprint density at radius 3 is 2.65 bits per heavy atom. The first-order chi connectivity index (χ1) is 7.97. The normalized spacial score (nSPS) is 30.6. The van der Waals surface area contributed by atoms with Gasteiger partial charge < -0.3 is 10.1 Å². The van der Waals surface area contributed by atoms with Crippen LogP contribution in [0.2, 0.25) is 0 Å². The summed E-state index contributed by atoms with van der Waals surface area (Å²) < 4.78 is 31.6. The topological polar surface area (TPSA) is 58.6 Å². The van der Waals surface area contributed by atoms with Crippen LogP contribution >= 0.6 is 0 Å². The number of morpholine rings is 1. The van der Waals surface area contributed by atoms with Crippen molar-refractivity contribution in [2.24, 2.45) is 0 Å². The van der Waals surface area contributed by atoms with E-state index in [1.165, 1.54) is 0 Å². The monoisotopic (exact) mass is 262 g/mol. The molecule has 0 aromatic rings. The molecule has 0 aromatic heterocycles. The van der Waals surface area contributed by atoms with Gasteiger partial charge in [-0.15, -0.1) is 0 Å². The van der Waals surface area contributed by atoms with Gasteiger partial charge in [0, 0.05) is 13.1 Å². The lowest BCUT2D eigenvalue weighted by atomic mass is 9.90. The molecule has 1 N–H and O–H groups in total. The van der Waals surface area contributed by atoms with Gasteiger partial charge in [-0.05, 0) is 39.8 Å². The summed E-state index contributed by atoms with van der Waals surface area (Å²) in [6, 6.07) is 0. The Balaban J connectivity index is 2.16. The molecule has 2 fully saturated rings. The molecule has 1 atom stereocenters. The van der Waals surface area contributed by atoms with E-state index in [1.807, 2.05) is 6.92 Å². The van der Waals surface area contributed by atoms with E-state index in [9.17, 15) is 8.42 Å². The minimum atomic E-state index is -3.10. The molecule has 5 nitrogen and oxygen atoms in total. The molecule has 2 rings (SSSR count). The highest BCUT2D eigenvalue weighted by atomic mass is 32.2. The third-order valence-corrected chi connectivity index (χ3v) is 5.44. The third-order valence-electron chi connectivity index (χ3n) is 3.65. The molecule has 100 valence electrons. The van der Waals surface area contributed by atoms with E-state index in [0.29, 0.717) is 13.1 Å². The second-order valence-electron chi connectivity index (χ2n) is 5.05. The Morgan fingerprint density at radius 1 is 1.41 bits per heavy atom. The molecule has 1 unspecified atom stereocenters. The summed E-state index contributed by atoms with van der Waals surface area (Å²) in [5, 5.41) is 3.29. The van der Waals surface area contributed by atoms with Crippen LogP contribution < -0.4 is 5.32 Å². The van der Waals surface area contributed by atoms with E-state index in [-0.39, 0.29) is 17.5 Å². The summed E-state index contributed by atoms with van der Waals surface area (Å²) in [5.74, 6) is 0.175. The number of ether oxygens (including phenoxy) is 1. The van der Waals surface area contributed by atoms with Crippen molar-refractivity contribution in [2.45, 2.75) is 38.4 Å². The van der Waals surface area contributed by atoms with E-state index in [4.69, 9.17) is 4.74 Å². The third kappa shape index (κ3) is 2.81.